The molecule has 1 amide bonds. The van der Waals surface area contributed by atoms with E-state index < -0.39 is 11.6 Å². The fraction of sp³-hybridized carbons (Fsp3) is 0.417. The van der Waals surface area contributed by atoms with Gasteiger partial charge in [-0.05, 0) is 25.8 Å². The van der Waals surface area contributed by atoms with E-state index in [0.29, 0.717) is 5.56 Å². The zero-order chi connectivity index (χ0) is 11.8. The maximum absolute atomic E-state index is 13.6. The molecular formula is C12H15FN2O. The number of nitrogens with one attached hydrogen (secondary N) is 1. The molecule has 3 N–H and O–H groups in total. The lowest BCUT2D eigenvalue weighted by atomic mass is 10.0. The van der Waals surface area contributed by atoms with Crippen molar-refractivity contribution in [2.24, 2.45) is 5.73 Å². The van der Waals surface area contributed by atoms with E-state index in [1.807, 2.05) is 0 Å². The number of hydrogen-bond donors (Lipinski definition) is 2. The van der Waals surface area contributed by atoms with Crippen LogP contribution in [-0.2, 0) is 10.3 Å². The van der Waals surface area contributed by atoms with E-state index >= 15 is 0 Å². The van der Waals surface area contributed by atoms with Gasteiger partial charge in [0.05, 0.1) is 11.6 Å². The molecule has 3 nitrogen and oxygen atoms in total. The van der Waals surface area contributed by atoms with Crippen LogP contribution in [0.4, 0.5) is 4.39 Å². The number of benzene rings is 1. The van der Waals surface area contributed by atoms with Gasteiger partial charge >= 0.3 is 0 Å². The minimum atomic E-state index is -0.566. The van der Waals surface area contributed by atoms with E-state index in [1.54, 1.807) is 25.1 Å². The average molecular weight is 222 g/mol. The zero-order valence-electron chi connectivity index (χ0n) is 9.16. The van der Waals surface area contributed by atoms with Crippen molar-refractivity contribution in [1.29, 1.82) is 0 Å². The molecule has 1 aromatic rings. The van der Waals surface area contributed by atoms with Gasteiger partial charge in [-0.1, -0.05) is 18.2 Å². The van der Waals surface area contributed by atoms with E-state index in [9.17, 15) is 9.18 Å². The molecule has 0 saturated heterocycles. The molecule has 1 saturated carbocycles. The third-order valence-electron chi connectivity index (χ3n) is 2.92. The van der Waals surface area contributed by atoms with Crippen LogP contribution in [0.2, 0.25) is 0 Å². The van der Waals surface area contributed by atoms with Crippen LogP contribution in [0.3, 0.4) is 0 Å². The molecule has 1 unspecified atom stereocenters. The topological polar surface area (TPSA) is 55.1 Å². The SMILES string of the molecule is CC(N)C(=O)NC1(c2ccccc2F)CC1. The summed E-state index contributed by atoms with van der Waals surface area (Å²) < 4.78 is 13.6. The number of hydrogen-bond acceptors (Lipinski definition) is 2. The summed E-state index contributed by atoms with van der Waals surface area (Å²) in [5.74, 6) is -0.509. The van der Waals surface area contributed by atoms with Crippen molar-refractivity contribution in [2.75, 3.05) is 0 Å². The molecule has 0 heterocycles. The lowest BCUT2D eigenvalue weighted by molar-refractivity contribution is -0.123. The summed E-state index contributed by atoms with van der Waals surface area (Å²) in [7, 11) is 0. The monoisotopic (exact) mass is 222 g/mol. The predicted molar refractivity (Wildman–Crippen MR) is 59.1 cm³/mol. The standard InChI is InChI=1S/C12H15FN2O/c1-8(14)11(16)15-12(6-7-12)9-4-2-3-5-10(9)13/h2-5,8H,6-7,14H2,1H3,(H,15,16). The molecule has 0 spiro atoms. The summed E-state index contributed by atoms with van der Waals surface area (Å²) in [6.45, 7) is 1.62. The molecule has 16 heavy (non-hydrogen) atoms. The molecular weight excluding hydrogens is 207 g/mol. The van der Waals surface area contributed by atoms with Crippen molar-refractivity contribution < 1.29 is 9.18 Å². The predicted octanol–water partition coefficient (Wildman–Crippen LogP) is 1.28. The highest BCUT2D eigenvalue weighted by Gasteiger charge is 2.47. The number of rotatable bonds is 3. The van der Waals surface area contributed by atoms with E-state index in [1.165, 1.54) is 6.07 Å². The van der Waals surface area contributed by atoms with Gasteiger partial charge in [0.2, 0.25) is 5.91 Å². The maximum Gasteiger partial charge on any atom is 0.237 e. The van der Waals surface area contributed by atoms with Gasteiger partial charge in [-0.3, -0.25) is 4.79 Å². The first-order valence-corrected chi connectivity index (χ1v) is 5.38. The fourth-order valence-corrected chi connectivity index (χ4v) is 1.79. The molecule has 0 aromatic heterocycles. The summed E-state index contributed by atoms with van der Waals surface area (Å²) in [4.78, 5) is 11.5. The number of carbonyl (C=O) groups is 1. The lowest BCUT2D eigenvalue weighted by Gasteiger charge is -2.19. The van der Waals surface area contributed by atoms with E-state index in [2.05, 4.69) is 5.32 Å². The minimum absolute atomic E-state index is 0.235. The van der Waals surface area contributed by atoms with Crippen LogP contribution >= 0.6 is 0 Å². The molecule has 4 heteroatoms. The van der Waals surface area contributed by atoms with Crippen molar-refractivity contribution in [2.45, 2.75) is 31.3 Å². The third-order valence-corrected chi connectivity index (χ3v) is 2.92. The van der Waals surface area contributed by atoms with Gasteiger partial charge in [0.25, 0.3) is 0 Å². The molecule has 0 aliphatic heterocycles. The first-order valence-electron chi connectivity index (χ1n) is 5.38. The van der Waals surface area contributed by atoms with Crippen molar-refractivity contribution in [3.8, 4) is 0 Å². The molecule has 0 radical (unpaired) electrons. The van der Waals surface area contributed by atoms with Gasteiger partial charge in [0, 0.05) is 5.56 Å². The Labute approximate surface area is 93.8 Å². The van der Waals surface area contributed by atoms with Crippen molar-refractivity contribution in [3.63, 3.8) is 0 Å². The van der Waals surface area contributed by atoms with Gasteiger partial charge < -0.3 is 11.1 Å². The summed E-state index contributed by atoms with van der Waals surface area (Å²) in [6, 6.07) is 5.97. The van der Waals surface area contributed by atoms with Crippen LogP contribution in [0.5, 0.6) is 0 Å². The summed E-state index contributed by atoms with van der Waals surface area (Å²) >= 11 is 0. The summed E-state index contributed by atoms with van der Waals surface area (Å²) in [5.41, 5.74) is 5.52. The van der Waals surface area contributed by atoms with Gasteiger partial charge in [0.15, 0.2) is 0 Å². The first kappa shape index (κ1) is 11.1. The quantitative estimate of drug-likeness (QED) is 0.809. The van der Waals surface area contributed by atoms with Crippen molar-refractivity contribution in [3.05, 3.63) is 35.6 Å². The maximum atomic E-state index is 13.6. The highest BCUT2D eigenvalue weighted by molar-refractivity contribution is 5.82. The van der Waals surface area contributed by atoms with E-state index in [0.717, 1.165) is 12.8 Å². The lowest BCUT2D eigenvalue weighted by Crippen LogP contribution is -2.44. The molecule has 1 fully saturated rings. The van der Waals surface area contributed by atoms with Gasteiger partial charge in [-0.25, -0.2) is 4.39 Å². The Kier molecular flexibility index (Phi) is 2.68. The Morgan fingerprint density at radius 3 is 2.62 bits per heavy atom. The highest BCUT2D eigenvalue weighted by Crippen LogP contribution is 2.46. The highest BCUT2D eigenvalue weighted by atomic mass is 19.1. The normalized spacial score (nSPS) is 18.9. The van der Waals surface area contributed by atoms with Crippen LogP contribution in [0, 0.1) is 5.82 Å². The molecule has 86 valence electrons. The Bertz CT molecular complexity index is 413. The molecule has 2 rings (SSSR count). The van der Waals surface area contributed by atoms with E-state index in [4.69, 9.17) is 5.73 Å². The minimum Gasteiger partial charge on any atom is -0.345 e. The number of amides is 1. The smallest absolute Gasteiger partial charge is 0.237 e. The van der Waals surface area contributed by atoms with Crippen LogP contribution in [0.1, 0.15) is 25.3 Å². The second kappa shape index (κ2) is 3.87. The largest absolute Gasteiger partial charge is 0.345 e. The summed E-state index contributed by atoms with van der Waals surface area (Å²) in [6.07, 6.45) is 1.54. The van der Waals surface area contributed by atoms with Crippen molar-refractivity contribution in [1.82, 2.24) is 5.32 Å². The van der Waals surface area contributed by atoms with E-state index in [-0.39, 0.29) is 11.7 Å². The van der Waals surface area contributed by atoms with Crippen LogP contribution in [0.15, 0.2) is 24.3 Å². The van der Waals surface area contributed by atoms with Crippen LogP contribution in [0.25, 0.3) is 0 Å². The van der Waals surface area contributed by atoms with Gasteiger partial charge in [-0.15, -0.1) is 0 Å². The fourth-order valence-electron chi connectivity index (χ4n) is 1.79. The second-order valence-electron chi connectivity index (χ2n) is 4.34. The first-order chi connectivity index (χ1) is 7.55. The average Bonchev–Trinajstić information content (AvgIpc) is 2.99. The molecule has 1 aliphatic carbocycles. The molecule has 1 aromatic carbocycles. The number of nitrogens with two attached hydrogens (primary N) is 1. The van der Waals surface area contributed by atoms with Crippen molar-refractivity contribution >= 4 is 5.91 Å². The second-order valence-corrected chi connectivity index (χ2v) is 4.34. The van der Waals surface area contributed by atoms with Crippen LogP contribution in [-0.4, -0.2) is 11.9 Å². The van der Waals surface area contributed by atoms with Crippen LogP contribution < -0.4 is 11.1 Å². The number of carbonyl (C=O) groups excluding carboxylic acids is 1. The number of halogens is 1. The Hall–Kier alpha value is -1.42. The summed E-state index contributed by atoms with van der Waals surface area (Å²) in [5, 5.41) is 2.82. The molecule has 1 atom stereocenters. The Morgan fingerprint density at radius 2 is 2.12 bits per heavy atom. The molecule has 1 aliphatic rings. The third kappa shape index (κ3) is 1.93. The molecule has 0 bridgehead atoms. The van der Waals surface area contributed by atoms with Gasteiger partial charge in [0.1, 0.15) is 5.82 Å². The zero-order valence-corrected chi connectivity index (χ0v) is 9.16. The van der Waals surface area contributed by atoms with Gasteiger partial charge in [-0.2, -0.15) is 0 Å². The Balaban J connectivity index is 2.21. The Morgan fingerprint density at radius 1 is 1.50 bits per heavy atom.